The maximum absolute atomic E-state index is 12.0. The number of aromatic carboxylic acids is 1. The molecule has 1 fully saturated rings. The average molecular weight is 330 g/mol. The molecule has 1 saturated carbocycles. The number of methoxy groups -OCH3 is 1. The van der Waals surface area contributed by atoms with Gasteiger partial charge >= 0.3 is 5.97 Å². The second-order valence-electron chi connectivity index (χ2n) is 5.81. The van der Waals surface area contributed by atoms with Crippen molar-refractivity contribution < 1.29 is 24.0 Å². The molecule has 2 aromatic rings. The van der Waals surface area contributed by atoms with E-state index in [1.807, 2.05) is 0 Å². The highest BCUT2D eigenvalue weighted by Crippen LogP contribution is 2.34. The van der Waals surface area contributed by atoms with Gasteiger partial charge in [-0.2, -0.15) is 0 Å². The molecule has 7 heteroatoms. The SMILES string of the molecule is COc1ccc(-c2noc(C(=O)O)c2[C@@H](C)NC(=O)C2CC2)cc1. The zero-order chi connectivity index (χ0) is 17.3. The highest BCUT2D eigenvalue weighted by atomic mass is 16.5. The Bertz CT molecular complexity index is 762. The number of rotatable bonds is 6. The zero-order valence-electron chi connectivity index (χ0n) is 13.4. The van der Waals surface area contributed by atoms with Crippen molar-refractivity contribution in [2.24, 2.45) is 5.92 Å². The Morgan fingerprint density at radius 2 is 2.00 bits per heavy atom. The van der Waals surface area contributed by atoms with Crippen molar-refractivity contribution in [3.8, 4) is 17.0 Å². The van der Waals surface area contributed by atoms with E-state index in [1.54, 1.807) is 38.3 Å². The fraction of sp³-hybridized carbons (Fsp3) is 0.353. The van der Waals surface area contributed by atoms with Crippen LogP contribution in [0, 0.1) is 5.92 Å². The Morgan fingerprint density at radius 3 is 2.54 bits per heavy atom. The highest BCUT2D eigenvalue weighted by Gasteiger charge is 2.33. The number of hydrogen-bond acceptors (Lipinski definition) is 5. The molecule has 1 heterocycles. The standard InChI is InChI=1S/C17H18N2O5/c1-9(18-16(20)11-3-4-11)13-14(19-24-15(13)17(21)22)10-5-7-12(23-2)8-6-10/h5-9,11H,3-4H2,1-2H3,(H,18,20)(H,21,22)/t9-/m1/s1. The van der Waals surface area contributed by atoms with Crippen LogP contribution >= 0.6 is 0 Å². The summed E-state index contributed by atoms with van der Waals surface area (Å²) < 4.78 is 10.1. The molecular formula is C17H18N2O5. The predicted octanol–water partition coefficient (Wildman–Crippen LogP) is 2.64. The number of amides is 1. The van der Waals surface area contributed by atoms with Gasteiger partial charge in [0.05, 0.1) is 18.7 Å². The van der Waals surface area contributed by atoms with Crippen LogP contribution in [0.4, 0.5) is 0 Å². The molecule has 1 aromatic carbocycles. The Balaban J connectivity index is 1.96. The molecule has 7 nitrogen and oxygen atoms in total. The lowest BCUT2D eigenvalue weighted by Crippen LogP contribution is -2.28. The Morgan fingerprint density at radius 1 is 1.33 bits per heavy atom. The molecule has 2 N–H and O–H groups in total. The van der Waals surface area contributed by atoms with Crippen LogP contribution in [0.2, 0.25) is 0 Å². The van der Waals surface area contributed by atoms with Gasteiger partial charge in [0.25, 0.3) is 0 Å². The number of aromatic nitrogens is 1. The monoisotopic (exact) mass is 330 g/mol. The van der Waals surface area contributed by atoms with Crippen molar-refractivity contribution in [3.63, 3.8) is 0 Å². The van der Waals surface area contributed by atoms with Gasteiger partial charge in [-0.3, -0.25) is 4.79 Å². The van der Waals surface area contributed by atoms with Crippen LogP contribution in [0.25, 0.3) is 11.3 Å². The van der Waals surface area contributed by atoms with Crippen molar-refractivity contribution in [1.29, 1.82) is 0 Å². The summed E-state index contributed by atoms with van der Waals surface area (Å²) in [5, 5.41) is 16.1. The van der Waals surface area contributed by atoms with Gasteiger partial charge in [0, 0.05) is 11.5 Å². The van der Waals surface area contributed by atoms with E-state index in [2.05, 4.69) is 10.5 Å². The molecular weight excluding hydrogens is 312 g/mol. The molecule has 1 aromatic heterocycles. The molecule has 0 saturated heterocycles. The van der Waals surface area contributed by atoms with Crippen LogP contribution in [0.3, 0.4) is 0 Å². The van der Waals surface area contributed by atoms with E-state index < -0.39 is 12.0 Å². The topological polar surface area (TPSA) is 102 Å². The average Bonchev–Trinajstić information content (AvgIpc) is 3.33. The van der Waals surface area contributed by atoms with Crippen molar-refractivity contribution >= 4 is 11.9 Å². The van der Waals surface area contributed by atoms with E-state index in [0.29, 0.717) is 22.6 Å². The fourth-order valence-corrected chi connectivity index (χ4v) is 2.56. The predicted molar refractivity (Wildman–Crippen MR) is 84.7 cm³/mol. The molecule has 126 valence electrons. The summed E-state index contributed by atoms with van der Waals surface area (Å²) in [6, 6.07) is 6.51. The number of benzene rings is 1. The summed E-state index contributed by atoms with van der Waals surface area (Å²) in [6.45, 7) is 1.73. The Hall–Kier alpha value is -2.83. The van der Waals surface area contributed by atoms with E-state index in [4.69, 9.17) is 9.26 Å². The maximum Gasteiger partial charge on any atom is 0.375 e. The van der Waals surface area contributed by atoms with Gasteiger partial charge in [-0.15, -0.1) is 0 Å². The van der Waals surface area contributed by atoms with Gasteiger partial charge in [0.15, 0.2) is 0 Å². The summed E-state index contributed by atoms with van der Waals surface area (Å²) in [4.78, 5) is 23.4. The third-order valence-corrected chi connectivity index (χ3v) is 4.03. The van der Waals surface area contributed by atoms with E-state index in [-0.39, 0.29) is 17.6 Å². The van der Waals surface area contributed by atoms with Gasteiger partial charge in [-0.05, 0) is 44.0 Å². The van der Waals surface area contributed by atoms with Crippen molar-refractivity contribution in [2.45, 2.75) is 25.8 Å². The number of carbonyl (C=O) groups is 2. The van der Waals surface area contributed by atoms with Gasteiger partial charge in [-0.1, -0.05) is 5.16 Å². The molecule has 24 heavy (non-hydrogen) atoms. The first kappa shape index (κ1) is 16.0. The van der Waals surface area contributed by atoms with E-state index in [9.17, 15) is 14.7 Å². The zero-order valence-corrected chi connectivity index (χ0v) is 13.4. The summed E-state index contributed by atoms with van der Waals surface area (Å²) in [5.41, 5.74) is 1.45. The lowest BCUT2D eigenvalue weighted by atomic mass is 10.00. The minimum atomic E-state index is -1.22. The third kappa shape index (κ3) is 3.10. The van der Waals surface area contributed by atoms with Crippen LogP contribution in [0.5, 0.6) is 5.75 Å². The highest BCUT2D eigenvalue weighted by molar-refractivity contribution is 5.89. The first-order valence-electron chi connectivity index (χ1n) is 7.69. The quantitative estimate of drug-likeness (QED) is 0.844. The molecule has 1 atom stereocenters. The smallest absolute Gasteiger partial charge is 0.375 e. The van der Waals surface area contributed by atoms with Crippen LogP contribution in [-0.4, -0.2) is 29.2 Å². The second-order valence-corrected chi connectivity index (χ2v) is 5.81. The lowest BCUT2D eigenvalue weighted by Gasteiger charge is -2.14. The molecule has 0 bridgehead atoms. The van der Waals surface area contributed by atoms with Crippen LogP contribution in [-0.2, 0) is 4.79 Å². The number of nitrogens with one attached hydrogen (secondary N) is 1. The summed E-state index contributed by atoms with van der Waals surface area (Å²) in [6.07, 6.45) is 1.75. The van der Waals surface area contributed by atoms with Crippen molar-refractivity contribution in [1.82, 2.24) is 10.5 Å². The van der Waals surface area contributed by atoms with Crippen molar-refractivity contribution in [3.05, 3.63) is 35.6 Å². The van der Waals surface area contributed by atoms with Crippen molar-refractivity contribution in [2.75, 3.05) is 7.11 Å². The number of carbonyl (C=O) groups excluding carboxylic acids is 1. The summed E-state index contributed by atoms with van der Waals surface area (Å²) in [7, 11) is 1.56. The Kier molecular flexibility index (Phi) is 4.24. The number of hydrogen-bond donors (Lipinski definition) is 2. The van der Waals surface area contributed by atoms with Gasteiger partial charge in [0.1, 0.15) is 11.4 Å². The third-order valence-electron chi connectivity index (χ3n) is 4.03. The number of carboxylic acid groups (broad SMARTS) is 1. The van der Waals surface area contributed by atoms with E-state index in [1.165, 1.54) is 0 Å². The fourth-order valence-electron chi connectivity index (χ4n) is 2.56. The molecule has 3 rings (SSSR count). The molecule has 1 aliphatic rings. The minimum Gasteiger partial charge on any atom is -0.497 e. The number of carboxylic acids is 1. The maximum atomic E-state index is 12.0. The summed E-state index contributed by atoms with van der Waals surface area (Å²) >= 11 is 0. The first-order chi connectivity index (χ1) is 11.5. The van der Waals surface area contributed by atoms with Gasteiger partial charge < -0.3 is 19.7 Å². The van der Waals surface area contributed by atoms with Crippen LogP contribution < -0.4 is 10.1 Å². The largest absolute Gasteiger partial charge is 0.497 e. The normalized spacial score (nSPS) is 14.9. The van der Waals surface area contributed by atoms with Crippen LogP contribution in [0.1, 0.15) is 41.9 Å². The Labute approximate surface area is 138 Å². The van der Waals surface area contributed by atoms with E-state index >= 15 is 0 Å². The number of ether oxygens (including phenoxy) is 1. The molecule has 0 unspecified atom stereocenters. The molecule has 0 radical (unpaired) electrons. The van der Waals surface area contributed by atoms with Gasteiger partial charge in [-0.25, -0.2) is 4.79 Å². The molecule has 0 spiro atoms. The number of nitrogens with zero attached hydrogens (tertiary/aromatic N) is 1. The first-order valence-corrected chi connectivity index (χ1v) is 7.69. The second kappa shape index (κ2) is 6.35. The summed E-state index contributed by atoms with van der Waals surface area (Å²) in [5.74, 6) is -0.836. The molecule has 1 aliphatic carbocycles. The van der Waals surface area contributed by atoms with Crippen LogP contribution in [0.15, 0.2) is 28.8 Å². The minimum absolute atomic E-state index is 0.0324. The lowest BCUT2D eigenvalue weighted by molar-refractivity contribution is -0.122. The van der Waals surface area contributed by atoms with E-state index in [0.717, 1.165) is 12.8 Å². The molecule has 0 aliphatic heterocycles. The van der Waals surface area contributed by atoms with Gasteiger partial charge in [0.2, 0.25) is 11.7 Å². The molecule has 1 amide bonds.